The maximum atomic E-state index is 9.54. The van der Waals surface area contributed by atoms with Crippen LogP contribution in [0.25, 0.3) is 0 Å². The number of likely N-dealkylation sites (tertiary alicyclic amines) is 1. The Kier molecular flexibility index (Phi) is 3.18. The van der Waals surface area contributed by atoms with Gasteiger partial charge in [-0.25, -0.2) is 0 Å². The Morgan fingerprint density at radius 1 is 0.812 bits per heavy atom. The number of piperidine rings is 2. The summed E-state index contributed by atoms with van der Waals surface area (Å²) in [6.07, 6.45) is 7.60. The summed E-state index contributed by atoms with van der Waals surface area (Å²) in [4.78, 5) is 5.34. The summed E-state index contributed by atoms with van der Waals surface area (Å²) in [7, 11) is 0. The Hall–Kier alpha value is -0.120. The zero-order chi connectivity index (χ0) is 11.0. The van der Waals surface area contributed by atoms with Crippen LogP contribution in [0.1, 0.15) is 38.5 Å². The molecule has 1 N–H and O–H groups in total. The van der Waals surface area contributed by atoms with Crippen molar-refractivity contribution in [1.29, 1.82) is 0 Å². The summed E-state index contributed by atoms with van der Waals surface area (Å²) in [6, 6.07) is 1.67. The highest BCUT2D eigenvalue weighted by Crippen LogP contribution is 2.30. The van der Waals surface area contributed by atoms with Crippen LogP contribution in [0.5, 0.6) is 0 Å². The summed E-state index contributed by atoms with van der Waals surface area (Å²) in [5.41, 5.74) is 0. The van der Waals surface area contributed by atoms with Crippen LogP contribution in [-0.2, 0) is 0 Å². The van der Waals surface area contributed by atoms with Crippen molar-refractivity contribution in [2.75, 3.05) is 26.2 Å². The van der Waals surface area contributed by atoms with Crippen molar-refractivity contribution in [3.8, 4) is 0 Å². The summed E-state index contributed by atoms with van der Waals surface area (Å²) >= 11 is 0. The minimum absolute atomic E-state index is 0.0276. The summed E-state index contributed by atoms with van der Waals surface area (Å²) in [5, 5.41) is 9.54. The first kappa shape index (κ1) is 11.0. The summed E-state index contributed by atoms with van der Waals surface area (Å²) in [6.45, 7) is 4.86. The zero-order valence-corrected chi connectivity index (χ0v) is 10.1. The molecule has 16 heavy (non-hydrogen) atoms. The number of rotatable bonds is 1. The number of hydrogen-bond donors (Lipinski definition) is 1. The maximum absolute atomic E-state index is 9.54. The summed E-state index contributed by atoms with van der Waals surface area (Å²) < 4.78 is 0. The van der Waals surface area contributed by atoms with E-state index in [2.05, 4.69) is 9.80 Å². The molecule has 0 aromatic carbocycles. The van der Waals surface area contributed by atoms with E-state index in [1.807, 2.05) is 0 Å². The third-order valence-electron chi connectivity index (χ3n) is 4.75. The van der Waals surface area contributed by atoms with Gasteiger partial charge in [-0.15, -0.1) is 0 Å². The predicted molar refractivity (Wildman–Crippen MR) is 64.4 cm³/mol. The number of aliphatic hydroxyl groups excluding tert-OH is 1. The van der Waals surface area contributed by atoms with Crippen molar-refractivity contribution in [1.82, 2.24) is 9.80 Å². The lowest BCUT2D eigenvalue weighted by Crippen LogP contribution is -2.44. The van der Waals surface area contributed by atoms with Gasteiger partial charge in [0.1, 0.15) is 0 Å². The van der Waals surface area contributed by atoms with Crippen LogP contribution in [0.3, 0.4) is 0 Å². The van der Waals surface area contributed by atoms with Crippen molar-refractivity contribution in [3.05, 3.63) is 0 Å². The second-order valence-electron chi connectivity index (χ2n) is 5.80. The molecule has 3 aliphatic heterocycles. The largest absolute Gasteiger partial charge is 0.393 e. The van der Waals surface area contributed by atoms with E-state index < -0.39 is 0 Å². The van der Waals surface area contributed by atoms with Crippen LogP contribution in [0.4, 0.5) is 0 Å². The molecule has 92 valence electrons. The van der Waals surface area contributed by atoms with E-state index in [0.29, 0.717) is 0 Å². The lowest BCUT2D eigenvalue weighted by molar-refractivity contribution is 0.0623. The Labute approximate surface area is 98.4 Å². The summed E-state index contributed by atoms with van der Waals surface area (Å²) in [5.74, 6) is 0. The second kappa shape index (κ2) is 4.63. The van der Waals surface area contributed by atoms with E-state index in [0.717, 1.165) is 38.0 Å². The van der Waals surface area contributed by atoms with Crippen LogP contribution >= 0.6 is 0 Å². The molecule has 0 radical (unpaired) electrons. The molecule has 0 bridgehead atoms. The Morgan fingerprint density at radius 2 is 1.62 bits per heavy atom. The third-order valence-corrected chi connectivity index (χ3v) is 4.75. The molecule has 3 saturated heterocycles. The highest BCUT2D eigenvalue weighted by Gasteiger charge is 2.37. The van der Waals surface area contributed by atoms with Crippen molar-refractivity contribution >= 4 is 0 Å². The standard InChI is InChI=1S/C13H24N2O/c16-13-4-7-14(8-5-13)12-9-11-3-1-2-6-15(11)10-12/h11-13,16H,1-10H2. The topological polar surface area (TPSA) is 26.7 Å². The van der Waals surface area contributed by atoms with Gasteiger partial charge in [0.15, 0.2) is 0 Å². The van der Waals surface area contributed by atoms with Gasteiger partial charge in [-0.2, -0.15) is 0 Å². The minimum atomic E-state index is -0.0276. The van der Waals surface area contributed by atoms with Gasteiger partial charge in [-0.3, -0.25) is 9.80 Å². The molecule has 0 amide bonds. The third kappa shape index (κ3) is 2.13. The van der Waals surface area contributed by atoms with E-state index in [1.165, 1.54) is 38.8 Å². The Balaban J connectivity index is 1.56. The van der Waals surface area contributed by atoms with Gasteiger partial charge >= 0.3 is 0 Å². The SMILES string of the molecule is OC1CCN(C2CC3CCCCN3C2)CC1. The molecule has 0 aliphatic carbocycles. The van der Waals surface area contributed by atoms with Gasteiger partial charge < -0.3 is 5.11 Å². The molecule has 3 fully saturated rings. The zero-order valence-electron chi connectivity index (χ0n) is 10.1. The molecule has 2 atom stereocenters. The fourth-order valence-corrected chi connectivity index (χ4v) is 3.74. The first-order valence-electron chi connectivity index (χ1n) is 6.99. The average Bonchev–Trinajstić information content (AvgIpc) is 2.73. The van der Waals surface area contributed by atoms with E-state index >= 15 is 0 Å². The molecular formula is C13H24N2O. The minimum Gasteiger partial charge on any atom is -0.393 e. The average molecular weight is 224 g/mol. The highest BCUT2D eigenvalue weighted by molar-refractivity contribution is 4.93. The molecule has 3 heteroatoms. The van der Waals surface area contributed by atoms with Gasteiger partial charge in [-0.1, -0.05) is 6.42 Å². The van der Waals surface area contributed by atoms with Crippen molar-refractivity contribution in [3.63, 3.8) is 0 Å². The van der Waals surface area contributed by atoms with E-state index in [1.54, 1.807) is 0 Å². The number of aliphatic hydroxyl groups is 1. The van der Waals surface area contributed by atoms with Gasteiger partial charge in [0.2, 0.25) is 0 Å². The first-order chi connectivity index (χ1) is 7.83. The van der Waals surface area contributed by atoms with Crippen LogP contribution in [-0.4, -0.2) is 59.3 Å². The number of nitrogens with zero attached hydrogens (tertiary/aromatic N) is 2. The fraction of sp³-hybridized carbons (Fsp3) is 1.00. The lowest BCUT2D eigenvalue weighted by Gasteiger charge is -2.34. The van der Waals surface area contributed by atoms with Crippen molar-refractivity contribution in [2.24, 2.45) is 0 Å². The Bertz CT molecular complexity index is 224. The smallest absolute Gasteiger partial charge is 0.0564 e. The van der Waals surface area contributed by atoms with Crippen molar-refractivity contribution < 1.29 is 5.11 Å². The van der Waals surface area contributed by atoms with Gasteiger partial charge in [0.05, 0.1) is 6.10 Å². The van der Waals surface area contributed by atoms with E-state index in [-0.39, 0.29) is 6.10 Å². The molecule has 0 saturated carbocycles. The second-order valence-corrected chi connectivity index (χ2v) is 5.80. The van der Waals surface area contributed by atoms with Crippen LogP contribution in [0.15, 0.2) is 0 Å². The van der Waals surface area contributed by atoms with Crippen LogP contribution < -0.4 is 0 Å². The molecule has 3 aliphatic rings. The monoisotopic (exact) mass is 224 g/mol. The van der Waals surface area contributed by atoms with Crippen LogP contribution in [0, 0.1) is 0 Å². The van der Waals surface area contributed by atoms with E-state index in [4.69, 9.17) is 0 Å². The Morgan fingerprint density at radius 3 is 2.38 bits per heavy atom. The normalized spacial score (nSPS) is 38.8. The van der Waals surface area contributed by atoms with Crippen LogP contribution in [0.2, 0.25) is 0 Å². The molecule has 0 spiro atoms. The quantitative estimate of drug-likeness (QED) is 0.722. The van der Waals surface area contributed by atoms with Gasteiger partial charge in [0.25, 0.3) is 0 Å². The first-order valence-corrected chi connectivity index (χ1v) is 6.99. The lowest BCUT2D eigenvalue weighted by atomic mass is 10.0. The molecule has 3 heterocycles. The number of fused-ring (bicyclic) bond motifs is 1. The number of hydrogen-bond acceptors (Lipinski definition) is 3. The van der Waals surface area contributed by atoms with Crippen molar-refractivity contribution in [2.45, 2.75) is 56.7 Å². The predicted octanol–water partition coefficient (Wildman–Crippen LogP) is 1.07. The van der Waals surface area contributed by atoms with E-state index in [9.17, 15) is 5.11 Å². The molecule has 2 unspecified atom stereocenters. The molecular weight excluding hydrogens is 200 g/mol. The molecule has 3 rings (SSSR count). The van der Waals surface area contributed by atoms with Gasteiger partial charge in [-0.05, 0) is 38.6 Å². The molecule has 0 aromatic heterocycles. The van der Waals surface area contributed by atoms with Gasteiger partial charge in [0, 0.05) is 31.7 Å². The molecule has 3 nitrogen and oxygen atoms in total. The highest BCUT2D eigenvalue weighted by atomic mass is 16.3. The fourth-order valence-electron chi connectivity index (χ4n) is 3.74. The molecule has 0 aromatic rings. The maximum Gasteiger partial charge on any atom is 0.0564 e.